The molecule has 2 aliphatic rings. The largest absolute Gasteiger partial charge is 0.504 e. The van der Waals surface area contributed by atoms with Crippen LogP contribution < -0.4 is 14.2 Å². The highest BCUT2D eigenvalue weighted by atomic mass is 33.1. The summed E-state index contributed by atoms with van der Waals surface area (Å²) in [6.07, 6.45) is 5.07. The zero-order chi connectivity index (χ0) is 33.1. The van der Waals surface area contributed by atoms with Crippen molar-refractivity contribution in [2.75, 3.05) is 33.4 Å². The normalized spacial score (nSPS) is 26.2. The number of rotatable bonds is 11. The lowest BCUT2D eigenvalue weighted by atomic mass is 9.84. The van der Waals surface area contributed by atoms with E-state index in [-0.39, 0.29) is 42.1 Å². The third kappa shape index (κ3) is 10.2. The molecule has 4 rings (SSSR count). The number of phenolic OH excluding ortho intramolecular Hbond substituents is 2. The summed E-state index contributed by atoms with van der Waals surface area (Å²) in [5.41, 5.74) is 2.70. The van der Waals surface area contributed by atoms with Gasteiger partial charge in [-0.05, 0) is 105 Å². The molecule has 1 saturated carbocycles. The fourth-order valence-corrected chi connectivity index (χ4v) is 8.93. The molecule has 10 nitrogen and oxygen atoms in total. The summed E-state index contributed by atoms with van der Waals surface area (Å²) in [6, 6.07) is 7.04. The fourth-order valence-electron chi connectivity index (χ4n) is 6.63. The smallest absolute Gasteiger partial charge is 0.200 e. The Morgan fingerprint density at radius 3 is 2.28 bits per heavy atom. The molecule has 0 radical (unpaired) electrons. The van der Waals surface area contributed by atoms with Gasteiger partial charge in [-0.3, -0.25) is 0 Å². The van der Waals surface area contributed by atoms with Crippen molar-refractivity contribution in [1.82, 2.24) is 0 Å². The van der Waals surface area contributed by atoms with Gasteiger partial charge in [-0.25, -0.2) is 0 Å². The minimum absolute atomic E-state index is 0.00800. The highest BCUT2D eigenvalue weighted by molar-refractivity contribution is 8.76. The first-order valence-corrected chi connectivity index (χ1v) is 18.6. The second-order valence-corrected chi connectivity index (χ2v) is 14.8. The molecule has 0 bridgehead atoms. The van der Waals surface area contributed by atoms with Crippen LogP contribution in [0.3, 0.4) is 0 Å². The summed E-state index contributed by atoms with van der Waals surface area (Å²) >= 11 is 0. The van der Waals surface area contributed by atoms with Crippen molar-refractivity contribution in [2.45, 2.75) is 94.4 Å². The number of hydrogen-bond donors (Lipinski definition) is 6. The van der Waals surface area contributed by atoms with E-state index in [1.54, 1.807) is 29.0 Å². The molecule has 46 heavy (non-hydrogen) atoms. The number of ether oxygens (including phenoxy) is 4. The fraction of sp³-hybridized carbons (Fsp3) is 0.647. The van der Waals surface area contributed by atoms with E-state index in [9.17, 15) is 30.6 Å². The number of methoxy groups -OCH3 is 2. The number of fused-ring (bicyclic) bond motifs is 1. The van der Waals surface area contributed by atoms with Gasteiger partial charge in [0.15, 0.2) is 23.0 Å². The van der Waals surface area contributed by atoms with Gasteiger partial charge >= 0.3 is 0 Å². The molecule has 6 N–H and O–H groups in total. The van der Waals surface area contributed by atoms with E-state index in [1.165, 1.54) is 25.0 Å². The average molecular weight is 683 g/mol. The first-order chi connectivity index (χ1) is 22.3. The highest BCUT2D eigenvalue weighted by Crippen LogP contribution is 2.41. The Bertz CT molecular complexity index is 1210. The summed E-state index contributed by atoms with van der Waals surface area (Å²) in [5, 5.41) is 63.1. The van der Waals surface area contributed by atoms with Gasteiger partial charge in [0.2, 0.25) is 5.75 Å². The molecule has 0 saturated heterocycles. The molecule has 258 valence electrons. The Kier molecular flexibility index (Phi) is 14.8. The van der Waals surface area contributed by atoms with E-state index in [0.29, 0.717) is 42.4 Å². The Balaban J connectivity index is 1.52. The van der Waals surface area contributed by atoms with Gasteiger partial charge in [-0.15, -0.1) is 0 Å². The van der Waals surface area contributed by atoms with Crippen molar-refractivity contribution in [3.05, 3.63) is 41.0 Å². The first kappa shape index (κ1) is 36.8. The van der Waals surface area contributed by atoms with Gasteiger partial charge < -0.3 is 49.6 Å². The molecular formula is C34H50O10S2. The molecule has 0 spiro atoms. The van der Waals surface area contributed by atoms with E-state index >= 15 is 0 Å². The molecule has 12 heteroatoms. The number of aliphatic hydroxyl groups is 4. The van der Waals surface area contributed by atoms with Crippen molar-refractivity contribution in [3.8, 4) is 28.7 Å². The number of aryl methyl sites for hydroxylation is 1. The first-order valence-electron chi connectivity index (χ1n) is 16.1. The second kappa shape index (κ2) is 18.5. The van der Waals surface area contributed by atoms with Gasteiger partial charge in [-0.2, -0.15) is 0 Å². The molecule has 0 amide bonds. The molecule has 0 unspecified atom stereocenters. The Hall–Kier alpha value is -2.06. The molecule has 1 aliphatic carbocycles. The van der Waals surface area contributed by atoms with Crippen LogP contribution >= 0.6 is 21.6 Å². The molecule has 1 fully saturated rings. The van der Waals surface area contributed by atoms with Crippen LogP contribution in [0.5, 0.6) is 28.7 Å². The van der Waals surface area contributed by atoms with Crippen LogP contribution in [0.4, 0.5) is 0 Å². The van der Waals surface area contributed by atoms with Crippen LogP contribution in [-0.4, -0.2) is 88.4 Å². The third-order valence-corrected chi connectivity index (χ3v) is 11.5. The summed E-state index contributed by atoms with van der Waals surface area (Å²) in [4.78, 5) is 0. The molecule has 1 heterocycles. The maximum absolute atomic E-state index is 11.5. The molecule has 2 aromatic carbocycles. The van der Waals surface area contributed by atoms with Gasteiger partial charge in [0.1, 0.15) is 6.79 Å². The Morgan fingerprint density at radius 2 is 1.59 bits per heavy atom. The van der Waals surface area contributed by atoms with Crippen molar-refractivity contribution < 1.29 is 49.6 Å². The summed E-state index contributed by atoms with van der Waals surface area (Å²) in [5.74, 6) is 1.81. The van der Waals surface area contributed by atoms with Gasteiger partial charge in [-0.1, -0.05) is 28.0 Å². The molecule has 1 aliphatic heterocycles. The van der Waals surface area contributed by atoms with E-state index in [2.05, 4.69) is 0 Å². The number of aliphatic hydroxyl groups excluding tert-OH is 4. The van der Waals surface area contributed by atoms with E-state index in [4.69, 9.17) is 18.9 Å². The van der Waals surface area contributed by atoms with Crippen LogP contribution in [0.1, 0.15) is 68.1 Å². The van der Waals surface area contributed by atoms with Crippen molar-refractivity contribution in [2.24, 2.45) is 11.8 Å². The van der Waals surface area contributed by atoms with Crippen LogP contribution in [0.25, 0.3) is 0 Å². The molecular weight excluding hydrogens is 632 g/mol. The lowest BCUT2D eigenvalue weighted by molar-refractivity contribution is -0.0808. The van der Waals surface area contributed by atoms with Gasteiger partial charge in [0.05, 0.1) is 38.6 Å². The second-order valence-electron chi connectivity index (χ2n) is 12.3. The number of aromatic hydroxyl groups is 2. The molecule has 2 aromatic rings. The van der Waals surface area contributed by atoms with Crippen molar-refractivity contribution in [3.63, 3.8) is 0 Å². The van der Waals surface area contributed by atoms with Gasteiger partial charge in [0.25, 0.3) is 0 Å². The minimum atomic E-state index is -0.952. The number of hydrogen-bond acceptors (Lipinski definition) is 12. The standard InChI is InChI=1S/C34H50O10S2/c1-41-32-13-22(14-33(42-2)34(32)40)12-27-28(37)17-25(43-20-36)9-8-23-16-31(29(38)15-24(23)18-45-46-19-30(27)39)44-26-7-3-5-21(11-26)6-4-10-35/h13-16,21,25-28,30,35-40H,3-12,17-20H2,1-2H3/t21-,25-,26-,27+,28+,30-/m0/s1. The topological polar surface area (TPSA) is 158 Å². The predicted octanol–water partition coefficient (Wildman–Crippen LogP) is 4.96. The summed E-state index contributed by atoms with van der Waals surface area (Å²) < 4.78 is 22.7. The molecule has 6 atom stereocenters. The van der Waals surface area contributed by atoms with E-state index in [1.807, 2.05) is 6.07 Å². The Morgan fingerprint density at radius 1 is 0.826 bits per heavy atom. The summed E-state index contributed by atoms with van der Waals surface area (Å²) in [7, 11) is 5.97. The van der Waals surface area contributed by atoms with Crippen LogP contribution in [-0.2, 0) is 23.3 Å². The van der Waals surface area contributed by atoms with Crippen molar-refractivity contribution >= 4 is 21.6 Å². The monoisotopic (exact) mass is 682 g/mol. The quantitative estimate of drug-likeness (QED) is 0.140. The van der Waals surface area contributed by atoms with Gasteiger partial charge in [0, 0.05) is 24.0 Å². The van der Waals surface area contributed by atoms with Crippen LogP contribution in [0, 0.1) is 11.8 Å². The summed E-state index contributed by atoms with van der Waals surface area (Å²) in [6.45, 7) is -0.303. The maximum atomic E-state index is 11.5. The Labute approximate surface area is 279 Å². The van der Waals surface area contributed by atoms with E-state index in [0.717, 1.165) is 55.2 Å². The average Bonchev–Trinajstić information content (AvgIpc) is 3.05. The molecule has 0 aromatic heterocycles. The zero-order valence-corrected chi connectivity index (χ0v) is 28.4. The zero-order valence-electron chi connectivity index (χ0n) is 26.8. The number of phenols is 2. The lowest BCUT2D eigenvalue weighted by Crippen LogP contribution is -2.37. The highest BCUT2D eigenvalue weighted by Gasteiger charge is 2.31. The minimum Gasteiger partial charge on any atom is -0.504 e. The van der Waals surface area contributed by atoms with Crippen LogP contribution in [0.2, 0.25) is 0 Å². The number of benzene rings is 2. The predicted molar refractivity (Wildman–Crippen MR) is 180 cm³/mol. The lowest BCUT2D eigenvalue weighted by Gasteiger charge is -2.30. The van der Waals surface area contributed by atoms with Crippen LogP contribution in [0.15, 0.2) is 24.3 Å². The SMILES string of the molecule is COc1cc(C[C@@H]2[C@H](O)C[C@@H](OCO)CCc3cc(O[C@H]4CCC[C@@H](CCCO)C4)c(O)cc3CSSC[C@@H]2O)cc(OC)c1O. The third-order valence-electron chi connectivity index (χ3n) is 9.17. The van der Waals surface area contributed by atoms with E-state index < -0.39 is 31.0 Å². The maximum Gasteiger partial charge on any atom is 0.200 e. The van der Waals surface area contributed by atoms with Crippen molar-refractivity contribution in [1.29, 1.82) is 0 Å².